The van der Waals surface area contributed by atoms with Gasteiger partial charge in [-0.3, -0.25) is 14.5 Å². The molecule has 2 aromatic rings. The van der Waals surface area contributed by atoms with Crippen molar-refractivity contribution in [2.24, 2.45) is 0 Å². The highest BCUT2D eigenvalue weighted by molar-refractivity contribution is 9.10. The Balaban J connectivity index is 1.64. The molecule has 0 aromatic heterocycles. The number of amides is 1. The molecule has 1 amide bonds. The number of aliphatic hydroxyl groups excluding tert-OH is 1. The summed E-state index contributed by atoms with van der Waals surface area (Å²) in [7, 11) is 0. The zero-order chi connectivity index (χ0) is 24.8. The lowest BCUT2D eigenvalue weighted by molar-refractivity contribution is -0.140. The Morgan fingerprint density at radius 3 is 2.40 bits per heavy atom. The molecule has 2 aliphatic rings. The average molecular weight is 543 g/mol. The molecule has 2 fully saturated rings. The quantitative estimate of drug-likeness (QED) is 0.287. The van der Waals surface area contributed by atoms with Gasteiger partial charge >= 0.3 is 0 Å². The second-order valence-corrected chi connectivity index (χ2v) is 9.64. The maximum atomic E-state index is 13.2. The second-order valence-electron chi connectivity index (χ2n) is 8.72. The van der Waals surface area contributed by atoms with E-state index >= 15 is 0 Å². The second kappa shape index (κ2) is 11.8. The Bertz CT molecular complexity index is 1060. The van der Waals surface area contributed by atoms with Crippen LogP contribution in [0.4, 0.5) is 0 Å². The van der Waals surface area contributed by atoms with Crippen LogP contribution in [0, 0.1) is 0 Å². The van der Waals surface area contributed by atoms with Crippen LogP contribution in [-0.4, -0.2) is 72.6 Å². The molecule has 2 heterocycles. The van der Waals surface area contributed by atoms with Crippen LogP contribution in [-0.2, 0) is 14.3 Å². The maximum Gasteiger partial charge on any atom is 0.295 e. The molecule has 0 aliphatic carbocycles. The van der Waals surface area contributed by atoms with E-state index in [9.17, 15) is 14.7 Å². The van der Waals surface area contributed by atoms with Crippen LogP contribution in [0.2, 0.25) is 0 Å². The zero-order valence-electron chi connectivity index (χ0n) is 19.9. The van der Waals surface area contributed by atoms with Gasteiger partial charge in [0, 0.05) is 36.2 Å². The maximum absolute atomic E-state index is 13.2. The van der Waals surface area contributed by atoms with Crippen LogP contribution in [0.1, 0.15) is 36.9 Å². The summed E-state index contributed by atoms with van der Waals surface area (Å²) in [5, 5.41) is 11.2. The Morgan fingerprint density at radius 2 is 1.74 bits per heavy atom. The fourth-order valence-corrected chi connectivity index (χ4v) is 4.74. The van der Waals surface area contributed by atoms with E-state index in [1.807, 2.05) is 31.2 Å². The number of Topliss-reactive ketones (excluding diaryl/α,β-unsaturated/α-hetero) is 1. The first-order valence-electron chi connectivity index (χ1n) is 12.1. The highest BCUT2D eigenvalue weighted by atomic mass is 79.9. The molecule has 0 saturated carbocycles. The minimum absolute atomic E-state index is 0.117. The van der Waals surface area contributed by atoms with Gasteiger partial charge < -0.3 is 19.5 Å². The summed E-state index contributed by atoms with van der Waals surface area (Å²) in [6.45, 7) is 7.04. The van der Waals surface area contributed by atoms with Crippen LogP contribution in [0.5, 0.6) is 5.75 Å². The van der Waals surface area contributed by atoms with E-state index in [1.165, 1.54) is 0 Å². The van der Waals surface area contributed by atoms with E-state index in [-0.39, 0.29) is 11.3 Å². The number of morpholine rings is 1. The molecule has 0 spiro atoms. The largest absolute Gasteiger partial charge is 0.507 e. The van der Waals surface area contributed by atoms with E-state index < -0.39 is 17.7 Å². The number of hydrogen-bond acceptors (Lipinski definition) is 6. The summed E-state index contributed by atoms with van der Waals surface area (Å²) in [6.07, 6.45) is 1.62. The van der Waals surface area contributed by atoms with Gasteiger partial charge in [0.15, 0.2) is 0 Å². The van der Waals surface area contributed by atoms with E-state index in [2.05, 4.69) is 20.8 Å². The van der Waals surface area contributed by atoms with Crippen LogP contribution in [0.15, 0.2) is 58.6 Å². The van der Waals surface area contributed by atoms with Crippen molar-refractivity contribution in [2.75, 3.05) is 46.0 Å². The number of rotatable bonds is 9. The lowest BCUT2D eigenvalue weighted by atomic mass is 9.95. The molecular formula is C27H31BrN2O5. The molecule has 2 saturated heterocycles. The number of hydrogen-bond donors (Lipinski definition) is 1. The summed E-state index contributed by atoms with van der Waals surface area (Å²) in [5.41, 5.74) is 1.37. The number of carbonyl (C=O) groups is 2. The number of carbonyl (C=O) groups excluding carboxylic acids is 2. The minimum atomic E-state index is -0.663. The summed E-state index contributed by atoms with van der Waals surface area (Å²) >= 11 is 3.39. The number of halogens is 1. The number of nitrogens with zero attached hydrogens (tertiary/aromatic N) is 2. The van der Waals surface area contributed by atoms with Crippen molar-refractivity contribution < 1.29 is 24.2 Å². The summed E-state index contributed by atoms with van der Waals surface area (Å²) < 4.78 is 12.0. The number of ether oxygens (including phenoxy) is 2. The molecule has 8 heteroatoms. The lowest BCUT2D eigenvalue weighted by Crippen LogP contribution is -2.38. The normalized spacial score (nSPS) is 20.4. The third-order valence-electron chi connectivity index (χ3n) is 6.30. The van der Waals surface area contributed by atoms with Gasteiger partial charge in [-0.2, -0.15) is 0 Å². The van der Waals surface area contributed by atoms with Crippen molar-refractivity contribution in [1.82, 2.24) is 9.80 Å². The van der Waals surface area contributed by atoms with Gasteiger partial charge in [-0.25, -0.2) is 0 Å². The first-order chi connectivity index (χ1) is 17.0. The van der Waals surface area contributed by atoms with E-state index in [0.29, 0.717) is 31.9 Å². The first-order valence-corrected chi connectivity index (χ1v) is 12.9. The topological polar surface area (TPSA) is 79.3 Å². The Hall–Kier alpha value is -2.68. The van der Waals surface area contributed by atoms with Crippen LogP contribution >= 0.6 is 15.9 Å². The number of aliphatic hydroxyl groups is 1. The minimum Gasteiger partial charge on any atom is -0.507 e. The number of benzene rings is 2. The average Bonchev–Trinajstić information content (AvgIpc) is 3.13. The Labute approximate surface area is 214 Å². The molecule has 1 atom stereocenters. The zero-order valence-corrected chi connectivity index (χ0v) is 21.5. The van der Waals surface area contributed by atoms with Gasteiger partial charge in [0.05, 0.1) is 31.4 Å². The highest BCUT2D eigenvalue weighted by Crippen LogP contribution is 2.40. The predicted molar refractivity (Wildman–Crippen MR) is 137 cm³/mol. The van der Waals surface area contributed by atoms with Gasteiger partial charge in [-0.1, -0.05) is 47.1 Å². The van der Waals surface area contributed by atoms with Crippen molar-refractivity contribution >= 4 is 33.4 Å². The molecule has 0 radical (unpaired) electrons. The molecule has 7 nitrogen and oxygen atoms in total. The Morgan fingerprint density at radius 1 is 1.06 bits per heavy atom. The molecule has 2 aliphatic heterocycles. The fraction of sp³-hybridized carbons (Fsp3) is 0.407. The van der Waals surface area contributed by atoms with Gasteiger partial charge in [0.2, 0.25) is 0 Å². The van der Waals surface area contributed by atoms with E-state index in [1.54, 1.807) is 29.2 Å². The molecule has 1 unspecified atom stereocenters. The predicted octanol–water partition coefficient (Wildman–Crippen LogP) is 4.38. The third kappa shape index (κ3) is 5.94. The van der Waals surface area contributed by atoms with Gasteiger partial charge in [-0.15, -0.1) is 0 Å². The van der Waals surface area contributed by atoms with E-state index in [0.717, 1.165) is 48.3 Å². The van der Waals surface area contributed by atoms with Crippen molar-refractivity contribution in [2.45, 2.75) is 25.8 Å². The van der Waals surface area contributed by atoms with Crippen molar-refractivity contribution in [3.63, 3.8) is 0 Å². The first kappa shape index (κ1) is 25.4. The third-order valence-corrected chi connectivity index (χ3v) is 6.83. The SMILES string of the molecule is CCCOc1ccc(C2/C(=C(/O)c3ccc(Br)cc3)C(=O)C(=O)N2CCCN2CCOCC2)cc1. The van der Waals surface area contributed by atoms with Crippen molar-refractivity contribution in [3.05, 3.63) is 69.7 Å². The Kier molecular flexibility index (Phi) is 8.59. The van der Waals surface area contributed by atoms with Crippen LogP contribution < -0.4 is 4.74 Å². The fourth-order valence-electron chi connectivity index (χ4n) is 4.48. The monoisotopic (exact) mass is 542 g/mol. The summed E-state index contributed by atoms with van der Waals surface area (Å²) in [4.78, 5) is 30.2. The van der Waals surface area contributed by atoms with Gasteiger partial charge in [-0.05, 0) is 42.7 Å². The van der Waals surface area contributed by atoms with E-state index in [4.69, 9.17) is 9.47 Å². The van der Waals surface area contributed by atoms with Gasteiger partial charge in [0.1, 0.15) is 11.5 Å². The van der Waals surface area contributed by atoms with Crippen molar-refractivity contribution in [1.29, 1.82) is 0 Å². The van der Waals surface area contributed by atoms with Gasteiger partial charge in [0.25, 0.3) is 11.7 Å². The molecule has 186 valence electrons. The van der Waals surface area contributed by atoms with Crippen molar-refractivity contribution in [3.8, 4) is 5.75 Å². The molecule has 4 rings (SSSR count). The van der Waals surface area contributed by atoms with Crippen LogP contribution in [0.3, 0.4) is 0 Å². The lowest BCUT2D eigenvalue weighted by Gasteiger charge is -2.29. The molecule has 35 heavy (non-hydrogen) atoms. The number of likely N-dealkylation sites (tertiary alicyclic amines) is 1. The highest BCUT2D eigenvalue weighted by Gasteiger charge is 2.45. The van der Waals surface area contributed by atoms with Crippen LogP contribution in [0.25, 0.3) is 5.76 Å². The smallest absolute Gasteiger partial charge is 0.295 e. The molecule has 1 N–H and O–H groups in total. The summed E-state index contributed by atoms with van der Waals surface area (Å²) in [6, 6.07) is 13.8. The molecular weight excluding hydrogens is 512 g/mol. The number of ketones is 1. The summed E-state index contributed by atoms with van der Waals surface area (Å²) in [5.74, 6) is -0.675. The standard InChI is InChI=1S/C27H31BrN2O5/c1-2-16-35-22-10-6-19(7-11-22)24-23(25(31)20-4-8-21(28)9-5-20)26(32)27(33)30(24)13-3-12-29-14-17-34-18-15-29/h4-11,24,31H,2-3,12-18H2,1H3/b25-23-. The molecule has 2 aromatic carbocycles. The molecule has 0 bridgehead atoms.